The number of carbonyl (C=O) groups is 2. The van der Waals surface area contributed by atoms with Crippen molar-refractivity contribution in [2.75, 3.05) is 42.9 Å². The van der Waals surface area contributed by atoms with E-state index in [1.165, 1.54) is 12.1 Å². The molecule has 0 spiro atoms. The van der Waals surface area contributed by atoms with Gasteiger partial charge in [0.2, 0.25) is 5.91 Å². The van der Waals surface area contributed by atoms with Crippen LogP contribution in [0.2, 0.25) is 0 Å². The van der Waals surface area contributed by atoms with Gasteiger partial charge >= 0.3 is 0 Å². The molecule has 1 aliphatic heterocycles. The fraction of sp³-hybridized carbons (Fsp3) is 0.231. The molecule has 170 valence electrons. The molecule has 0 aliphatic carbocycles. The lowest BCUT2D eigenvalue weighted by Gasteiger charge is -2.35. The normalized spacial score (nSPS) is 14.0. The zero-order valence-electron chi connectivity index (χ0n) is 18.3. The second-order valence-corrected chi connectivity index (χ2v) is 8.00. The largest absolute Gasteiger partial charge is 0.369 e. The van der Waals surface area contributed by atoms with Crippen molar-refractivity contribution in [2.24, 2.45) is 0 Å². The minimum Gasteiger partial charge on any atom is -0.369 e. The maximum atomic E-state index is 13.1. The molecule has 3 aromatic carbocycles. The number of anilines is 2. The van der Waals surface area contributed by atoms with E-state index in [1.807, 2.05) is 30.3 Å². The van der Waals surface area contributed by atoms with Crippen molar-refractivity contribution < 1.29 is 14.0 Å². The second-order valence-electron chi connectivity index (χ2n) is 8.00. The van der Waals surface area contributed by atoms with E-state index in [0.29, 0.717) is 17.8 Å². The van der Waals surface area contributed by atoms with E-state index in [0.717, 1.165) is 37.4 Å². The zero-order valence-corrected chi connectivity index (χ0v) is 18.3. The van der Waals surface area contributed by atoms with Gasteiger partial charge in [0.1, 0.15) is 5.82 Å². The molecule has 33 heavy (non-hydrogen) atoms. The molecule has 1 saturated heterocycles. The molecular formula is C26H27FN4O2. The topological polar surface area (TPSA) is 64.7 Å². The Hall–Kier alpha value is -3.71. The molecule has 6 nitrogen and oxygen atoms in total. The number of amides is 2. The molecule has 2 N–H and O–H groups in total. The summed E-state index contributed by atoms with van der Waals surface area (Å²) in [5.74, 6) is -0.640. The van der Waals surface area contributed by atoms with E-state index in [4.69, 9.17) is 0 Å². The first-order valence-electron chi connectivity index (χ1n) is 11.0. The summed E-state index contributed by atoms with van der Waals surface area (Å²) in [7, 11) is 0. The summed E-state index contributed by atoms with van der Waals surface area (Å²) in [5, 5.41) is 5.79. The molecular weight excluding hydrogens is 419 g/mol. The minimum absolute atomic E-state index is 0.159. The minimum atomic E-state index is -0.247. The summed E-state index contributed by atoms with van der Waals surface area (Å²) in [4.78, 5) is 29.6. The van der Waals surface area contributed by atoms with Gasteiger partial charge in [-0.05, 0) is 42.0 Å². The van der Waals surface area contributed by atoms with Gasteiger partial charge in [0, 0.05) is 38.4 Å². The number of carbonyl (C=O) groups excluding carboxylic acids is 2. The third kappa shape index (κ3) is 6.17. The molecule has 0 unspecified atom stereocenters. The van der Waals surface area contributed by atoms with E-state index < -0.39 is 0 Å². The Morgan fingerprint density at radius 1 is 0.818 bits per heavy atom. The first-order chi connectivity index (χ1) is 16.1. The summed E-state index contributed by atoms with van der Waals surface area (Å²) in [6, 6.07) is 23.2. The van der Waals surface area contributed by atoms with Gasteiger partial charge < -0.3 is 15.5 Å². The van der Waals surface area contributed by atoms with Crippen LogP contribution in [0.1, 0.15) is 15.9 Å². The number of para-hydroxylation sites is 1. The predicted octanol–water partition coefficient (Wildman–Crippen LogP) is 3.52. The van der Waals surface area contributed by atoms with Crippen LogP contribution in [0.4, 0.5) is 15.8 Å². The Balaban J connectivity index is 1.29. The van der Waals surface area contributed by atoms with E-state index >= 15 is 0 Å². The standard InChI is InChI=1S/C26H27FN4O2/c27-21-10-12-22(13-11-21)31-16-14-30(15-17-31)19-25(32)29-24-9-5-4-8-23(24)26(33)28-18-20-6-2-1-3-7-20/h1-13H,14-19H2,(H,28,33)(H,29,32). The molecule has 1 fully saturated rings. The number of benzene rings is 3. The van der Waals surface area contributed by atoms with Gasteiger partial charge in [0.15, 0.2) is 0 Å². The van der Waals surface area contributed by atoms with Crippen molar-refractivity contribution in [1.82, 2.24) is 10.2 Å². The molecule has 0 aromatic heterocycles. The molecule has 0 atom stereocenters. The van der Waals surface area contributed by atoms with Crippen LogP contribution in [0, 0.1) is 5.82 Å². The predicted molar refractivity (Wildman–Crippen MR) is 128 cm³/mol. The van der Waals surface area contributed by atoms with Crippen molar-refractivity contribution in [3.63, 3.8) is 0 Å². The van der Waals surface area contributed by atoms with E-state index in [-0.39, 0.29) is 24.2 Å². The number of hydrogen-bond donors (Lipinski definition) is 2. The molecule has 7 heteroatoms. The van der Waals surface area contributed by atoms with Gasteiger partial charge in [-0.25, -0.2) is 4.39 Å². The monoisotopic (exact) mass is 446 g/mol. The second kappa shape index (κ2) is 10.7. The maximum absolute atomic E-state index is 13.1. The number of piperazine rings is 1. The fourth-order valence-electron chi connectivity index (χ4n) is 3.87. The highest BCUT2D eigenvalue weighted by Gasteiger charge is 2.20. The number of rotatable bonds is 7. The maximum Gasteiger partial charge on any atom is 0.253 e. The molecule has 2 amide bonds. The zero-order chi connectivity index (χ0) is 23.0. The van der Waals surface area contributed by atoms with Crippen LogP contribution in [0.5, 0.6) is 0 Å². The highest BCUT2D eigenvalue weighted by molar-refractivity contribution is 6.04. The summed E-state index contributed by atoms with van der Waals surface area (Å²) >= 11 is 0. The quantitative estimate of drug-likeness (QED) is 0.583. The van der Waals surface area contributed by atoms with Crippen molar-refractivity contribution in [1.29, 1.82) is 0 Å². The van der Waals surface area contributed by atoms with E-state index in [9.17, 15) is 14.0 Å². The number of hydrogen-bond acceptors (Lipinski definition) is 4. The Bertz CT molecular complexity index is 1080. The Labute approximate surface area is 193 Å². The molecule has 4 rings (SSSR count). The molecule has 0 saturated carbocycles. The molecule has 1 heterocycles. The van der Waals surface area contributed by atoms with Crippen LogP contribution in [-0.4, -0.2) is 49.4 Å². The van der Waals surface area contributed by atoms with Crippen LogP contribution in [0.15, 0.2) is 78.9 Å². The van der Waals surface area contributed by atoms with Crippen LogP contribution in [0.25, 0.3) is 0 Å². The third-order valence-corrected chi connectivity index (χ3v) is 5.67. The van der Waals surface area contributed by atoms with Crippen LogP contribution in [0.3, 0.4) is 0 Å². The van der Waals surface area contributed by atoms with Crippen molar-refractivity contribution >= 4 is 23.2 Å². The lowest BCUT2D eigenvalue weighted by Crippen LogP contribution is -2.48. The SMILES string of the molecule is O=C(CN1CCN(c2ccc(F)cc2)CC1)Nc1ccccc1C(=O)NCc1ccccc1. The van der Waals surface area contributed by atoms with E-state index in [1.54, 1.807) is 36.4 Å². The molecule has 1 aliphatic rings. The highest BCUT2D eigenvalue weighted by Crippen LogP contribution is 2.18. The van der Waals surface area contributed by atoms with Crippen molar-refractivity contribution in [2.45, 2.75) is 6.54 Å². The van der Waals surface area contributed by atoms with Gasteiger partial charge in [-0.3, -0.25) is 14.5 Å². The summed E-state index contributed by atoms with van der Waals surface area (Å²) in [5.41, 5.74) is 2.92. The Morgan fingerprint density at radius 3 is 2.21 bits per heavy atom. The van der Waals surface area contributed by atoms with E-state index in [2.05, 4.69) is 20.4 Å². The average Bonchev–Trinajstić information content (AvgIpc) is 2.84. The van der Waals surface area contributed by atoms with Crippen molar-refractivity contribution in [3.8, 4) is 0 Å². The van der Waals surface area contributed by atoms with Gasteiger partial charge in [-0.15, -0.1) is 0 Å². The van der Waals surface area contributed by atoms with Crippen molar-refractivity contribution in [3.05, 3.63) is 95.8 Å². The molecule has 0 radical (unpaired) electrons. The Morgan fingerprint density at radius 2 is 1.48 bits per heavy atom. The lowest BCUT2D eigenvalue weighted by molar-refractivity contribution is -0.117. The third-order valence-electron chi connectivity index (χ3n) is 5.67. The highest BCUT2D eigenvalue weighted by atomic mass is 19.1. The summed E-state index contributed by atoms with van der Waals surface area (Å²) < 4.78 is 13.1. The number of nitrogens with zero attached hydrogens (tertiary/aromatic N) is 2. The van der Waals surface area contributed by atoms with Gasteiger partial charge in [-0.1, -0.05) is 42.5 Å². The lowest BCUT2D eigenvalue weighted by atomic mass is 10.1. The fourth-order valence-corrected chi connectivity index (χ4v) is 3.87. The van der Waals surface area contributed by atoms with Crippen LogP contribution >= 0.6 is 0 Å². The summed E-state index contributed by atoms with van der Waals surface area (Å²) in [6.07, 6.45) is 0. The van der Waals surface area contributed by atoms with Gasteiger partial charge in [0.25, 0.3) is 5.91 Å². The number of halogens is 1. The van der Waals surface area contributed by atoms with Crippen LogP contribution in [-0.2, 0) is 11.3 Å². The molecule has 0 bridgehead atoms. The van der Waals surface area contributed by atoms with Gasteiger partial charge in [-0.2, -0.15) is 0 Å². The Kier molecular flexibility index (Phi) is 7.32. The first kappa shape index (κ1) is 22.5. The smallest absolute Gasteiger partial charge is 0.253 e. The first-order valence-corrected chi connectivity index (χ1v) is 11.0. The van der Waals surface area contributed by atoms with Crippen LogP contribution < -0.4 is 15.5 Å². The number of nitrogens with one attached hydrogen (secondary N) is 2. The molecule has 3 aromatic rings. The van der Waals surface area contributed by atoms with Gasteiger partial charge in [0.05, 0.1) is 17.8 Å². The summed E-state index contributed by atoms with van der Waals surface area (Å²) in [6.45, 7) is 3.64. The average molecular weight is 447 g/mol.